The number of benzene rings is 1. The third kappa shape index (κ3) is 1.46. The largest absolute Gasteiger partial charge is 0.392 e. The van der Waals surface area contributed by atoms with E-state index in [4.69, 9.17) is 16.7 Å². The smallest absolute Gasteiger partial charge is 0.0717 e. The van der Waals surface area contributed by atoms with Gasteiger partial charge in [-0.3, -0.25) is 0 Å². The molecule has 0 aliphatic rings. The molecule has 0 unspecified atom stereocenters. The van der Waals surface area contributed by atoms with Gasteiger partial charge in [0, 0.05) is 4.90 Å². The molecule has 0 aliphatic carbocycles. The molecule has 0 atom stereocenters. The Kier molecular flexibility index (Phi) is 2.51. The average molecular weight is 231 g/mol. The number of thiophene rings is 1. The molecule has 1 aromatic heterocycles. The van der Waals surface area contributed by atoms with Crippen molar-refractivity contribution in [1.82, 2.24) is 0 Å². The molecule has 0 radical (unpaired) electrons. The molecule has 0 saturated heterocycles. The number of rotatable bonds is 1. The first-order valence-electron chi connectivity index (χ1n) is 3.72. The number of thiol groups is 1. The summed E-state index contributed by atoms with van der Waals surface area (Å²) in [5.41, 5.74) is 0.880. The van der Waals surface area contributed by atoms with E-state index in [2.05, 4.69) is 12.6 Å². The Morgan fingerprint density at radius 2 is 2.31 bits per heavy atom. The van der Waals surface area contributed by atoms with Gasteiger partial charge in [-0.05, 0) is 28.5 Å². The number of hydrogen-bond acceptors (Lipinski definition) is 3. The molecule has 1 aromatic carbocycles. The lowest BCUT2D eigenvalue weighted by Gasteiger charge is -2.03. The van der Waals surface area contributed by atoms with Gasteiger partial charge in [-0.25, -0.2) is 0 Å². The zero-order valence-corrected chi connectivity index (χ0v) is 9.09. The molecular weight excluding hydrogens is 224 g/mol. The van der Waals surface area contributed by atoms with Crippen LogP contribution in [-0.4, -0.2) is 5.11 Å². The van der Waals surface area contributed by atoms with Crippen molar-refractivity contribution in [2.45, 2.75) is 11.5 Å². The zero-order chi connectivity index (χ0) is 9.42. The van der Waals surface area contributed by atoms with Gasteiger partial charge in [0.15, 0.2) is 0 Å². The first-order valence-corrected chi connectivity index (χ1v) is 5.43. The lowest BCUT2D eigenvalue weighted by molar-refractivity contribution is 0.283. The van der Waals surface area contributed by atoms with E-state index in [0.29, 0.717) is 5.02 Å². The quantitative estimate of drug-likeness (QED) is 0.720. The Morgan fingerprint density at radius 1 is 1.54 bits per heavy atom. The minimum Gasteiger partial charge on any atom is -0.392 e. The Morgan fingerprint density at radius 3 is 3.00 bits per heavy atom. The molecule has 0 fully saturated rings. The zero-order valence-electron chi connectivity index (χ0n) is 6.62. The molecule has 0 saturated carbocycles. The van der Waals surface area contributed by atoms with E-state index in [0.717, 1.165) is 20.5 Å². The van der Waals surface area contributed by atoms with Crippen LogP contribution < -0.4 is 0 Å². The molecule has 1 N–H and O–H groups in total. The van der Waals surface area contributed by atoms with Crippen molar-refractivity contribution in [3.05, 3.63) is 28.1 Å². The predicted octanol–water partition coefficient (Wildman–Crippen LogP) is 3.34. The maximum Gasteiger partial charge on any atom is 0.0717 e. The molecular formula is C9H7ClOS2. The highest BCUT2D eigenvalue weighted by atomic mass is 35.5. The summed E-state index contributed by atoms with van der Waals surface area (Å²) in [6.07, 6.45) is 0. The molecule has 1 nitrogen and oxygen atoms in total. The van der Waals surface area contributed by atoms with Gasteiger partial charge in [0.2, 0.25) is 0 Å². The van der Waals surface area contributed by atoms with E-state index in [1.165, 1.54) is 0 Å². The van der Waals surface area contributed by atoms with Gasteiger partial charge in [0.1, 0.15) is 0 Å². The molecule has 0 bridgehead atoms. The average Bonchev–Trinajstić information content (AvgIpc) is 2.60. The number of aliphatic hydroxyl groups is 1. The van der Waals surface area contributed by atoms with E-state index in [1.54, 1.807) is 17.4 Å². The Bertz CT molecular complexity index is 450. The highest BCUT2D eigenvalue weighted by molar-refractivity contribution is 7.80. The van der Waals surface area contributed by atoms with Crippen LogP contribution in [0.2, 0.25) is 5.02 Å². The summed E-state index contributed by atoms with van der Waals surface area (Å²) in [4.78, 5) is 0.723. The van der Waals surface area contributed by atoms with Crippen molar-refractivity contribution < 1.29 is 5.11 Å². The number of halogens is 1. The van der Waals surface area contributed by atoms with Gasteiger partial charge in [0.25, 0.3) is 0 Å². The van der Waals surface area contributed by atoms with Crippen molar-refractivity contribution in [1.29, 1.82) is 0 Å². The second-order valence-electron chi connectivity index (χ2n) is 2.69. The fourth-order valence-corrected chi connectivity index (χ4v) is 2.80. The minimum absolute atomic E-state index is 0.0258. The molecule has 13 heavy (non-hydrogen) atoms. The second-order valence-corrected chi connectivity index (χ2v) is 4.47. The first-order chi connectivity index (χ1) is 6.24. The summed E-state index contributed by atoms with van der Waals surface area (Å²) in [6, 6.07) is 3.77. The van der Waals surface area contributed by atoms with Crippen LogP contribution >= 0.6 is 35.6 Å². The molecule has 2 aromatic rings. The molecule has 1 heterocycles. The van der Waals surface area contributed by atoms with Crippen LogP contribution in [0.5, 0.6) is 0 Å². The van der Waals surface area contributed by atoms with Gasteiger partial charge in [-0.15, -0.1) is 24.0 Å². The molecule has 0 spiro atoms. The van der Waals surface area contributed by atoms with E-state index >= 15 is 0 Å². The predicted molar refractivity (Wildman–Crippen MR) is 60.0 cm³/mol. The number of hydrogen-bond donors (Lipinski definition) is 2. The fraction of sp³-hybridized carbons (Fsp3) is 0.111. The standard InChI is InChI=1S/C9H7ClOS2/c10-8-7(12)3-5(4-11)6-1-2-13-9(6)8/h1-3,11-12H,4H2. The van der Waals surface area contributed by atoms with Gasteiger partial charge in [0.05, 0.1) is 16.3 Å². The SMILES string of the molecule is OCc1cc(S)c(Cl)c2sccc12. The number of fused-ring (bicyclic) bond motifs is 1. The van der Waals surface area contributed by atoms with Crippen LogP contribution in [0.3, 0.4) is 0 Å². The van der Waals surface area contributed by atoms with Crippen LogP contribution in [0.4, 0.5) is 0 Å². The van der Waals surface area contributed by atoms with Gasteiger partial charge in [-0.2, -0.15) is 0 Å². The molecule has 2 rings (SSSR count). The summed E-state index contributed by atoms with van der Waals surface area (Å²) in [5.74, 6) is 0. The summed E-state index contributed by atoms with van der Waals surface area (Å²) in [7, 11) is 0. The van der Waals surface area contributed by atoms with Gasteiger partial charge < -0.3 is 5.11 Å². The van der Waals surface area contributed by atoms with Gasteiger partial charge in [-0.1, -0.05) is 11.6 Å². The maximum absolute atomic E-state index is 9.10. The van der Waals surface area contributed by atoms with Gasteiger partial charge >= 0.3 is 0 Å². The highest BCUT2D eigenvalue weighted by Gasteiger charge is 2.08. The molecule has 0 aliphatic heterocycles. The first kappa shape index (κ1) is 9.34. The molecule has 68 valence electrons. The third-order valence-electron chi connectivity index (χ3n) is 1.92. The molecule has 4 heteroatoms. The van der Waals surface area contributed by atoms with E-state index in [1.807, 2.05) is 11.4 Å². The maximum atomic E-state index is 9.10. The van der Waals surface area contributed by atoms with Crippen molar-refractivity contribution in [2.24, 2.45) is 0 Å². The fourth-order valence-electron chi connectivity index (χ4n) is 1.29. The van der Waals surface area contributed by atoms with Crippen molar-refractivity contribution in [3.63, 3.8) is 0 Å². The van der Waals surface area contributed by atoms with E-state index in [9.17, 15) is 0 Å². The lowest BCUT2D eigenvalue weighted by atomic mass is 10.1. The Labute approximate surface area is 90.4 Å². The summed E-state index contributed by atoms with van der Waals surface area (Å²) < 4.78 is 0.998. The summed E-state index contributed by atoms with van der Waals surface area (Å²) in [5, 5.41) is 12.8. The van der Waals surface area contributed by atoms with Crippen molar-refractivity contribution >= 4 is 45.7 Å². The van der Waals surface area contributed by atoms with Crippen LogP contribution in [0.15, 0.2) is 22.4 Å². The normalized spacial score (nSPS) is 11.0. The molecule has 0 amide bonds. The second kappa shape index (κ2) is 3.50. The Balaban J connectivity index is 2.87. The summed E-state index contributed by atoms with van der Waals surface area (Å²) in [6.45, 7) is 0.0258. The lowest BCUT2D eigenvalue weighted by Crippen LogP contribution is -1.84. The van der Waals surface area contributed by atoms with Crippen LogP contribution in [0.25, 0.3) is 10.1 Å². The minimum atomic E-state index is 0.0258. The van der Waals surface area contributed by atoms with Crippen LogP contribution in [0.1, 0.15) is 5.56 Å². The third-order valence-corrected chi connectivity index (χ3v) is 3.84. The summed E-state index contributed by atoms with van der Waals surface area (Å²) >= 11 is 11.9. The van der Waals surface area contributed by atoms with E-state index in [-0.39, 0.29) is 6.61 Å². The monoisotopic (exact) mass is 230 g/mol. The van der Waals surface area contributed by atoms with Crippen LogP contribution in [-0.2, 0) is 6.61 Å². The highest BCUT2D eigenvalue weighted by Crippen LogP contribution is 2.35. The van der Waals surface area contributed by atoms with Crippen LogP contribution in [0, 0.1) is 0 Å². The van der Waals surface area contributed by atoms with Crippen molar-refractivity contribution in [2.75, 3.05) is 0 Å². The van der Waals surface area contributed by atoms with E-state index < -0.39 is 0 Å². The van der Waals surface area contributed by atoms with Crippen molar-refractivity contribution in [3.8, 4) is 0 Å². The number of aliphatic hydroxyl groups excluding tert-OH is 1. The topological polar surface area (TPSA) is 20.2 Å². The Hall–Kier alpha value is -0.220.